The first-order valence-electron chi connectivity index (χ1n) is 9.33. The van der Waals surface area contributed by atoms with Crippen molar-refractivity contribution in [2.24, 2.45) is 0 Å². The molecule has 0 aliphatic heterocycles. The molecule has 1 aromatic heterocycles. The molecule has 4 aromatic carbocycles. The number of nitrogens with zero attached hydrogens (tertiary/aromatic N) is 1. The Morgan fingerprint density at radius 3 is 1.64 bits per heavy atom. The Hall–Kier alpha value is -3.72. The number of benzene rings is 4. The Labute approximate surface area is 163 Å². The first-order valence-corrected chi connectivity index (χ1v) is 9.33. The molecule has 0 spiro atoms. The zero-order valence-corrected chi connectivity index (χ0v) is 15.6. The van der Waals surface area contributed by atoms with Crippen molar-refractivity contribution in [2.75, 3.05) is 12.4 Å². The zero-order chi connectivity index (χ0) is 18.9. The zero-order valence-electron chi connectivity index (χ0n) is 15.6. The van der Waals surface area contributed by atoms with E-state index < -0.39 is 0 Å². The van der Waals surface area contributed by atoms with Crippen molar-refractivity contribution in [3.8, 4) is 11.4 Å². The highest BCUT2D eigenvalue weighted by molar-refractivity contribution is 6.09. The molecular weight excluding hydrogens is 344 g/mol. The van der Waals surface area contributed by atoms with Crippen LogP contribution in [0.2, 0.25) is 0 Å². The summed E-state index contributed by atoms with van der Waals surface area (Å²) < 4.78 is 7.54. The number of aromatic nitrogens is 1. The number of para-hydroxylation sites is 2. The molecule has 136 valence electrons. The Morgan fingerprint density at radius 2 is 1.11 bits per heavy atom. The molecule has 28 heavy (non-hydrogen) atoms. The second-order valence-electron chi connectivity index (χ2n) is 6.77. The summed E-state index contributed by atoms with van der Waals surface area (Å²) in [6.45, 7) is 0. The summed E-state index contributed by atoms with van der Waals surface area (Å²) in [7, 11) is 1.68. The van der Waals surface area contributed by atoms with Gasteiger partial charge in [0.2, 0.25) is 0 Å². The van der Waals surface area contributed by atoms with Crippen LogP contribution in [0.4, 0.5) is 11.4 Å². The summed E-state index contributed by atoms with van der Waals surface area (Å²) in [5.74, 6) is 0.854. The third-order valence-electron chi connectivity index (χ3n) is 5.08. The van der Waals surface area contributed by atoms with Gasteiger partial charge in [0, 0.05) is 27.8 Å². The minimum absolute atomic E-state index is 0.854. The van der Waals surface area contributed by atoms with Gasteiger partial charge in [0.05, 0.1) is 18.1 Å². The SMILES string of the molecule is COc1ccc(Nc2ccc(-n3c4ccccc4c4ccccc43)cc2)cc1. The molecule has 1 heterocycles. The van der Waals surface area contributed by atoms with Crippen LogP contribution in [0.1, 0.15) is 0 Å². The number of methoxy groups -OCH3 is 1. The van der Waals surface area contributed by atoms with Crippen LogP contribution in [0.5, 0.6) is 5.75 Å². The van der Waals surface area contributed by atoms with Gasteiger partial charge in [0.25, 0.3) is 0 Å². The first kappa shape index (κ1) is 16.5. The molecule has 3 heteroatoms. The van der Waals surface area contributed by atoms with Gasteiger partial charge in [-0.2, -0.15) is 0 Å². The smallest absolute Gasteiger partial charge is 0.119 e. The molecule has 5 aromatic rings. The Kier molecular flexibility index (Phi) is 3.99. The van der Waals surface area contributed by atoms with Crippen LogP contribution in [-0.2, 0) is 0 Å². The predicted molar refractivity (Wildman–Crippen MR) is 117 cm³/mol. The maximum atomic E-state index is 5.22. The quantitative estimate of drug-likeness (QED) is 0.392. The van der Waals surface area contributed by atoms with E-state index in [1.165, 1.54) is 21.8 Å². The Balaban J connectivity index is 1.53. The van der Waals surface area contributed by atoms with Crippen molar-refractivity contribution < 1.29 is 4.74 Å². The molecule has 0 fully saturated rings. The molecule has 3 nitrogen and oxygen atoms in total. The number of anilines is 2. The van der Waals surface area contributed by atoms with E-state index in [0.717, 1.165) is 22.8 Å². The van der Waals surface area contributed by atoms with Crippen LogP contribution in [-0.4, -0.2) is 11.7 Å². The van der Waals surface area contributed by atoms with Crippen LogP contribution in [0.3, 0.4) is 0 Å². The van der Waals surface area contributed by atoms with Gasteiger partial charge in [-0.1, -0.05) is 36.4 Å². The van der Waals surface area contributed by atoms with Crippen LogP contribution < -0.4 is 10.1 Å². The summed E-state index contributed by atoms with van der Waals surface area (Å²) >= 11 is 0. The molecule has 0 aliphatic rings. The number of hydrogen-bond donors (Lipinski definition) is 1. The highest BCUT2D eigenvalue weighted by atomic mass is 16.5. The summed E-state index contributed by atoms with van der Waals surface area (Å²) in [5.41, 5.74) is 5.68. The molecule has 0 aliphatic carbocycles. The number of nitrogens with one attached hydrogen (secondary N) is 1. The molecule has 0 unspecified atom stereocenters. The molecule has 0 amide bonds. The average molecular weight is 364 g/mol. The lowest BCUT2D eigenvalue weighted by molar-refractivity contribution is 0.415. The molecule has 0 atom stereocenters. The Bertz CT molecular complexity index is 1200. The second-order valence-corrected chi connectivity index (χ2v) is 6.77. The number of hydrogen-bond acceptors (Lipinski definition) is 2. The summed E-state index contributed by atoms with van der Waals surface area (Å²) in [5, 5.41) is 5.99. The van der Waals surface area contributed by atoms with Gasteiger partial charge in [0.15, 0.2) is 0 Å². The van der Waals surface area contributed by atoms with Crippen molar-refractivity contribution in [3.63, 3.8) is 0 Å². The van der Waals surface area contributed by atoms with Gasteiger partial charge in [0.1, 0.15) is 5.75 Å². The van der Waals surface area contributed by atoms with Crippen LogP contribution in [0.25, 0.3) is 27.5 Å². The van der Waals surface area contributed by atoms with E-state index in [-0.39, 0.29) is 0 Å². The maximum Gasteiger partial charge on any atom is 0.119 e. The highest BCUT2D eigenvalue weighted by Crippen LogP contribution is 2.32. The fourth-order valence-corrected chi connectivity index (χ4v) is 3.74. The minimum atomic E-state index is 0.854. The largest absolute Gasteiger partial charge is 0.497 e. The van der Waals surface area contributed by atoms with Crippen molar-refractivity contribution in [3.05, 3.63) is 97.1 Å². The summed E-state index contributed by atoms with van der Waals surface area (Å²) in [6, 6.07) is 33.6. The normalized spacial score (nSPS) is 11.0. The molecule has 0 bridgehead atoms. The minimum Gasteiger partial charge on any atom is -0.497 e. The van der Waals surface area contributed by atoms with E-state index in [0.29, 0.717) is 0 Å². The number of fused-ring (bicyclic) bond motifs is 3. The highest BCUT2D eigenvalue weighted by Gasteiger charge is 2.11. The molecule has 0 radical (unpaired) electrons. The standard InChI is InChI=1S/C25H20N2O/c1-28-21-16-12-19(13-17-21)26-18-10-14-20(15-11-18)27-24-8-4-2-6-22(24)23-7-3-5-9-25(23)27/h2-17,26H,1H3. The van der Waals surface area contributed by atoms with Gasteiger partial charge in [-0.15, -0.1) is 0 Å². The van der Waals surface area contributed by atoms with E-state index in [4.69, 9.17) is 4.74 Å². The van der Waals surface area contributed by atoms with Crippen LogP contribution in [0.15, 0.2) is 97.1 Å². The van der Waals surface area contributed by atoms with Gasteiger partial charge < -0.3 is 14.6 Å². The van der Waals surface area contributed by atoms with Crippen LogP contribution in [0, 0.1) is 0 Å². The van der Waals surface area contributed by atoms with E-state index >= 15 is 0 Å². The van der Waals surface area contributed by atoms with Gasteiger partial charge >= 0.3 is 0 Å². The molecule has 0 saturated carbocycles. The third kappa shape index (κ3) is 2.78. The van der Waals surface area contributed by atoms with Crippen molar-refractivity contribution in [1.29, 1.82) is 0 Å². The lowest BCUT2D eigenvalue weighted by Gasteiger charge is -2.11. The number of rotatable bonds is 4. The Morgan fingerprint density at radius 1 is 0.607 bits per heavy atom. The topological polar surface area (TPSA) is 26.2 Å². The number of ether oxygens (including phenoxy) is 1. The predicted octanol–water partition coefficient (Wildman–Crippen LogP) is 6.54. The monoisotopic (exact) mass is 364 g/mol. The van der Waals surface area contributed by atoms with Crippen LogP contribution >= 0.6 is 0 Å². The van der Waals surface area contributed by atoms with Crippen molar-refractivity contribution in [1.82, 2.24) is 4.57 Å². The fraction of sp³-hybridized carbons (Fsp3) is 0.0400. The third-order valence-corrected chi connectivity index (χ3v) is 5.08. The molecule has 0 saturated heterocycles. The van der Waals surface area contributed by atoms with E-state index in [1.54, 1.807) is 7.11 Å². The average Bonchev–Trinajstić information content (AvgIpc) is 3.09. The van der Waals surface area contributed by atoms with E-state index in [9.17, 15) is 0 Å². The molecule has 5 rings (SSSR count). The lowest BCUT2D eigenvalue weighted by Crippen LogP contribution is -1.95. The van der Waals surface area contributed by atoms with Crippen molar-refractivity contribution in [2.45, 2.75) is 0 Å². The van der Waals surface area contributed by atoms with Gasteiger partial charge in [-0.05, 0) is 60.7 Å². The van der Waals surface area contributed by atoms with E-state index in [1.807, 2.05) is 24.3 Å². The lowest BCUT2D eigenvalue weighted by atomic mass is 10.2. The maximum absolute atomic E-state index is 5.22. The van der Waals surface area contributed by atoms with E-state index in [2.05, 4.69) is 82.7 Å². The summed E-state index contributed by atoms with van der Waals surface area (Å²) in [6.07, 6.45) is 0. The first-order chi connectivity index (χ1) is 13.8. The second kappa shape index (κ2) is 6.78. The molecular formula is C25H20N2O. The van der Waals surface area contributed by atoms with Crippen molar-refractivity contribution >= 4 is 33.2 Å². The fourth-order valence-electron chi connectivity index (χ4n) is 3.74. The summed E-state index contributed by atoms with van der Waals surface area (Å²) in [4.78, 5) is 0. The van der Waals surface area contributed by atoms with Gasteiger partial charge in [-0.3, -0.25) is 0 Å². The molecule has 1 N–H and O–H groups in total. The van der Waals surface area contributed by atoms with Gasteiger partial charge in [-0.25, -0.2) is 0 Å².